The van der Waals surface area contributed by atoms with Gasteiger partial charge in [0.15, 0.2) is 0 Å². The molecule has 2 heteroatoms. The Morgan fingerprint density at radius 3 is 2.42 bits per heavy atom. The van der Waals surface area contributed by atoms with Crippen LogP contribution in [-0.4, -0.2) is 31.6 Å². The molecule has 1 N–H and O–H groups in total. The van der Waals surface area contributed by atoms with Gasteiger partial charge in [-0.1, -0.05) is 45.0 Å². The van der Waals surface area contributed by atoms with Gasteiger partial charge in [0, 0.05) is 19.1 Å². The highest BCUT2D eigenvalue weighted by atomic mass is 15.1. The van der Waals surface area contributed by atoms with Crippen LogP contribution in [-0.2, 0) is 13.0 Å². The van der Waals surface area contributed by atoms with Crippen molar-refractivity contribution in [2.45, 2.75) is 46.2 Å². The third-order valence-corrected chi connectivity index (χ3v) is 3.34. The molecule has 0 spiro atoms. The van der Waals surface area contributed by atoms with Crippen molar-refractivity contribution in [3.8, 4) is 0 Å². The average molecular weight is 262 g/mol. The van der Waals surface area contributed by atoms with Crippen molar-refractivity contribution >= 4 is 0 Å². The molecule has 0 fully saturated rings. The number of rotatable bonds is 8. The molecular formula is C17H30N2. The van der Waals surface area contributed by atoms with E-state index >= 15 is 0 Å². The van der Waals surface area contributed by atoms with E-state index in [9.17, 15) is 0 Å². The molecule has 2 nitrogen and oxygen atoms in total. The fourth-order valence-electron chi connectivity index (χ4n) is 2.45. The second kappa shape index (κ2) is 8.34. The molecular weight excluding hydrogens is 232 g/mol. The molecule has 0 aliphatic heterocycles. The average Bonchev–Trinajstić information content (AvgIpc) is 2.35. The Balaban J connectivity index is 2.54. The van der Waals surface area contributed by atoms with Crippen LogP contribution in [0.2, 0.25) is 0 Å². The monoisotopic (exact) mass is 262 g/mol. The zero-order valence-corrected chi connectivity index (χ0v) is 13.2. The summed E-state index contributed by atoms with van der Waals surface area (Å²) < 4.78 is 0. The Bertz CT molecular complexity index is 348. The second-order valence-electron chi connectivity index (χ2n) is 6.14. The van der Waals surface area contributed by atoms with Gasteiger partial charge in [0.2, 0.25) is 0 Å². The van der Waals surface area contributed by atoms with Crippen molar-refractivity contribution in [3.63, 3.8) is 0 Å². The summed E-state index contributed by atoms with van der Waals surface area (Å²) in [5, 5.41) is 3.71. The van der Waals surface area contributed by atoms with Crippen molar-refractivity contribution < 1.29 is 0 Å². The molecule has 0 saturated carbocycles. The van der Waals surface area contributed by atoms with Crippen molar-refractivity contribution in [2.75, 3.05) is 20.6 Å². The van der Waals surface area contributed by atoms with Gasteiger partial charge in [0.25, 0.3) is 0 Å². The standard InChI is InChI=1S/C17H30N2/c1-6-15-8-7-9-16(11-15)12-18-17(10-14(2)3)13-19(4)5/h7-9,11,14,17-18H,6,10,12-13H2,1-5H3/t17-/m1/s1. The Morgan fingerprint density at radius 2 is 1.84 bits per heavy atom. The maximum atomic E-state index is 3.71. The first kappa shape index (κ1) is 16.2. The van der Waals surface area contributed by atoms with Crippen LogP contribution < -0.4 is 5.32 Å². The van der Waals surface area contributed by atoms with Crippen molar-refractivity contribution in [2.24, 2.45) is 5.92 Å². The number of aryl methyl sites for hydroxylation is 1. The summed E-state index contributed by atoms with van der Waals surface area (Å²) in [5.74, 6) is 0.736. The number of likely N-dealkylation sites (N-methyl/N-ethyl adjacent to an activating group) is 1. The first-order chi connectivity index (χ1) is 9.01. The number of hydrogen-bond acceptors (Lipinski definition) is 2. The highest BCUT2D eigenvalue weighted by Gasteiger charge is 2.11. The zero-order chi connectivity index (χ0) is 14.3. The van der Waals surface area contributed by atoms with E-state index in [1.807, 2.05) is 0 Å². The topological polar surface area (TPSA) is 15.3 Å². The Morgan fingerprint density at radius 1 is 1.16 bits per heavy atom. The summed E-state index contributed by atoms with van der Waals surface area (Å²) in [6, 6.07) is 9.47. The lowest BCUT2D eigenvalue weighted by Gasteiger charge is -2.24. The molecule has 1 aromatic rings. The molecule has 1 aromatic carbocycles. The van der Waals surface area contributed by atoms with Crippen LogP contribution in [0.1, 0.15) is 38.3 Å². The Kier molecular flexibility index (Phi) is 7.11. The van der Waals surface area contributed by atoms with Crippen LogP contribution in [0.25, 0.3) is 0 Å². The van der Waals surface area contributed by atoms with Crippen molar-refractivity contribution in [1.82, 2.24) is 10.2 Å². The van der Waals surface area contributed by atoms with Crippen LogP contribution in [0.5, 0.6) is 0 Å². The van der Waals surface area contributed by atoms with Gasteiger partial charge in [0.1, 0.15) is 0 Å². The molecule has 0 aromatic heterocycles. The predicted octanol–water partition coefficient (Wildman–Crippen LogP) is 3.31. The molecule has 1 atom stereocenters. The molecule has 19 heavy (non-hydrogen) atoms. The predicted molar refractivity (Wildman–Crippen MR) is 84.5 cm³/mol. The summed E-state index contributed by atoms with van der Waals surface area (Å²) in [7, 11) is 4.29. The smallest absolute Gasteiger partial charge is 0.0208 e. The molecule has 1 rings (SSSR count). The van der Waals surface area contributed by atoms with E-state index < -0.39 is 0 Å². The zero-order valence-electron chi connectivity index (χ0n) is 13.2. The maximum absolute atomic E-state index is 3.71. The Labute approximate surface area is 119 Å². The summed E-state index contributed by atoms with van der Waals surface area (Å²) in [6.07, 6.45) is 2.34. The van der Waals surface area contributed by atoms with E-state index in [0.717, 1.165) is 25.4 Å². The van der Waals surface area contributed by atoms with Gasteiger partial charge in [0.05, 0.1) is 0 Å². The molecule has 0 amide bonds. The van der Waals surface area contributed by atoms with E-state index in [1.165, 1.54) is 17.5 Å². The Hall–Kier alpha value is -0.860. The van der Waals surface area contributed by atoms with Gasteiger partial charge in [-0.2, -0.15) is 0 Å². The van der Waals surface area contributed by atoms with E-state index in [1.54, 1.807) is 0 Å². The molecule has 0 radical (unpaired) electrons. The van der Waals surface area contributed by atoms with Crippen LogP contribution in [0, 0.1) is 5.92 Å². The maximum Gasteiger partial charge on any atom is 0.0208 e. The number of hydrogen-bond donors (Lipinski definition) is 1. The third-order valence-electron chi connectivity index (χ3n) is 3.34. The number of benzene rings is 1. The van der Waals surface area contributed by atoms with E-state index in [-0.39, 0.29) is 0 Å². The van der Waals surface area contributed by atoms with Crippen molar-refractivity contribution in [3.05, 3.63) is 35.4 Å². The number of nitrogens with zero attached hydrogens (tertiary/aromatic N) is 1. The lowest BCUT2D eigenvalue weighted by molar-refractivity contribution is 0.305. The van der Waals surface area contributed by atoms with Gasteiger partial charge >= 0.3 is 0 Å². The molecule has 0 bridgehead atoms. The largest absolute Gasteiger partial charge is 0.309 e. The molecule has 0 aliphatic rings. The molecule has 0 unspecified atom stereocenters. The van der Waals surface area contributed by atoms with Gasteiger partial charge in [-0.05, 0) is 44.0 Å². The van der Waals surface area contributed by atoms with Crippen LogP contribution in [0.15, 0.2) is 24.3 Å². The quantitative estimate of drug-likeness (QED) is 0.773. The lowest BCUT2D eigenvalue weighted by Crippen LogP contribution is -2.38. The van der Waals surface area contributed by atoms with E-state index in [0.29, 0.717) is 6.04 Å². The highest BCUT2D eigenvalue weighted by Crippen LogP contribution is 2.09. The highest BCUT2D eigenvalue weighted by molar-refractivity contribution is 5.23. The molecule has 0 heterocycles. The summed E-state index contributed by atoms with van der Waals surface area (Å²) in [4.78, 5) is 2.27. The van der Waals surface area contributed by atoms with E-state index in [2.05, 4.69) is 69.3 Å². The normalized spacial score (nSPS) is 13.2. The van der Waals surface area contributed by atoms with Crippen LogP contribution in [0.3, 0.4) is 0 Å². The minimum absolute atomic E-state index is 0.570. The molecule has 108 valence electrons. The third kappa shape index (κ3) is 6.74. The van der Waals surface area contributed by atoms with Gasteiger partial charge in [-0.15, -0.1) is 0 Å². The molecule has 0 aliphatic carbocycles. The van der Waals surface area contributed by atoms with Crippen LogP contribution >= 0.6 is 0 Å². The SMILES string of the molecule is CCc1cccc(CN[C@H](CC(C)C)CN(C)C)c1. The fraction of sp³-hybridized carbons (Fsp3) is 0.647. The second-order valence-corrected chi connectivity index (χ2v) is 6.14. The molecule has 0 saturated heterocycles. The summed E-state index contributed by atoms with van der Waals surface area (Å²) in [6.45, 7) is 8.87. The van der Waals surface area contributed by atoms with Gasteiger partial charge in [-0.25, -0.2) is 0 Å². The van der Waals surface area contributed by atoms with Gasteiger partial charge in [-0.3, -0.25) is 0 Å². The van der Waals surface area contributed by atoms with Crippen LogP contribution in [0.4, 0.5) is 0 Å². The first-order valence-corrected chi connectivity index (χ1v) is 7.47. The minimum Gasteiger partial charge on any atom is -0.309 e. The minimum atomic E-state index is 0.570. The summed E-state index contributed by atoms with van der Waals surface area (Å²) >= 11 is 0. The first-order valence-electron chi connectivity index (χ1n) is 7.47. The summed E-state index contributed by atoms with van der Waals surface area (Å²) in [5.41, 5.74) is 2.82. The fourth-order valence-corrected chi connectivity index (χ4v) is 2.45. The van der Waals surface area contributed by atoms with E-state index in [4.69, 9.17) is 0 Å². The van der Waals surface area contributed by atoms with Gasteiger partial charge < -0.3 is 10.2 Å². The van der Waals surface area contributed by atoms with Crippen molar-refractivity contribution in [1.29, 1.82) is 0 Å². The lowest BCUT2D eigenvalue weighted by atomic mass is 10.0. The number of nitrogens with one attached hydrogen (secondary N) is 1.